The Kier molecular flexibility index (Phi) is 7.79. The van der Waals surface area contributed by atoms with Crippen LogP contribution in [0.15, 0.2) is 70.0 Å². The smallest absolute Gasteiger partial charge is 0.338 e. The average Bonchev–Trinajstić information content (AvgIpc) is 3.43. The zero-order chi connectivity index (χ0) is 31.8. The number of phenols is 1. The number of nitrogens with one attached hydrogen (secondary N) is 1. The number of nitrogen functional groups attached to an aromatic ring is 1. The highest BCUT2D eigenvalue weighted by Gasteiger charge is 2.28. The summed E-state index contributed by atoms with van der Waals surface area (Å²) in [6.07, 6.45) is 2.32. The first-order valence-electron chi connectivity index (χ1n) is 12.4. The van der Waals surface area contributed by atoms with Crippen LogP contribution in [-0.2, 0) is 9.84 Å². The number of carboxylic acid groups (broad SMARTS) is 1. The Morgan fingerprint density at radius 2 is 1.75 bits per heavy atom. The molecule has 226 valence electrons. The first-order chi connectivity index (χ1) is 20.9. The summed E-state index contributed by atoms with van der Waals surface area (Å²) in [5, 5.41) is 26.1. The van der Waals surface area contributed by atoms with Gasteiger partial charge in [-0.1, -0.05) is 0 Å². The molecule has 2 aromatic carbocycles. The Labute approximate surface area is 247 Å². The van der Waals surface area contributed by atoms with Gasteiger partial charge in [0.25, 0.3) is 11.0 Å². The second-order valence-electron chi connectivity index (χ2n) is 9.20. The van der Waals surface area contributed by atoms with Crippen LogP contribution in [0.3, 0.4) is 0 Å². The lowest BCUT2D eigenvalue weighted by atomic mass is 10.1. The molecule has 44 heavy (non-hydrogen) atoms. The number of aromatic nitrogens is 3. The van der Waals surface area contributed by atoms with Crippen molar-refractivity contribution < 1.29 is 41.7 Å². The molecule has 0 bridgehead atoms. The van der Waals surface area contributed by atoms with Gasteiger partial charge in [-0.25, -0.2) is 32.6 Å². The summed E-state index contributed by atoms with van der Waals surface area (Å²) in [4.78, 5) is 27.7. The summed E-state index contributed by atoms with van der Waals surface area (Å²) in [5.74, 6) is -6.74. The van der Waals surface area contributed by atoms with E-state index < -0.39 is 50.0 Å². The van der Waals surface area contributed by atoms with Crippen LogP contribution in [0.2, 0.25) is 0 Å². The van der Waals surface area contributed by atoms with Gasteiger partial charge >= 0.3 is 5.97 Å². The van der Waals surface area contributed by atoms with Crippen LogP contribution >= 0.6 is 0 Å². The van der Waals surface area contributed by atoms with Gasteiger partial charge in [-0.05, 0) is 36.4 Å². The number of carbonyl (C=O) groups is 1. The Balaban J connectivity index is 1.55. The number of carboxylic acids is 1. The van der Waals surface area contributed by atoms with E-state index in [1.807, 2.05) is 0 Å². The predicted molar refractivity (Wildman–Crippen MR) is 148 cm³/mol. The monoisotopic (exact) mass is 625 g/mol. The van der Waals surface area contributed by atoms with Crippen molar-refractivity contribution in [1.82, 2.24) is 19.9 Å². The molecular formula is C27H21F2N7O7S. The quantitative estimate of drug-likeness (QED) is 0.120. The number of benzene rings is 2. The van der Waals surface area contributed by atoms with Gasteiger partial charge in [-0.2, -0.15) is 4.39 Å². The molecule has 5 rings (SSSR count). The van der Waals surface area contributed by atoms with Crippen LogP contribution in [0.1, 0.15) is 21.5 Å². The van der Waals surface area contributed by atoms with E-state index in [1.165, 1.54) is 12.1 Å². The molecule has 1 aliphatic heterocycles. The number of aliphatic imine (C=N–C) groups is 1. The molecule has 3 heterocycles. The van der Waals surface area contributed by atoms with Crippen molar-refractivity contribution >= 4 is 27.5 Å². The fourth-order valence-corrected chi connectivity index (χ4v) is 5.12. The summed E-state index contributed by atoms with van der Waals surface area (Å²) >= 11 is 0. The maximum atomic E-state index is 15.6. The van der Waals surface area contributed by atoms with Crippen LogP contribution in [0, 0.1) is 17.0 Å². The maximum Gasteiger partial charge on any atom is 0.338 e. The van der Waals surface area contributed by atoms with Gasteiger partial charge in [0.1, 0.15) is 17.4 Å². The third kappa shape index (κ3) is 5.67. The summed E-state index contributed by atoms with van der Waals surface area (Å²) in [6.45, 7) is 0.811. The van der Waals surface area contributed by atoms with Gasteiger partial charge in [0.05, 0.1) is 28.8 Å². The van der Waals surface area contributed by atoms with E-state index in [2.05, 4.69) is 19.9 Å². The molecule has 1 aliphatic rings. The molecule has 0 unspecified atom stereocenters. The number of ether oxygens (including phenoxy) is 2. The molecule has 0 fully saturated rings. The third-order valence-corrected chi connectivity index (χ3v) is 7.83. The number of sulfone groups is 1. The third-order valence-electron chi connectivity index (χ3n) is 6.26. The first kappa shape index (κ1) is 29.8. The Morgan fingerprint density at radius 1 is 1.02 bits per heavy atom. The van der Waals surface area contributed by atoms with Crippen molar-refractivity contribution in [3.05, 3.63) is 83.3 Å². The average molecular weight is 626 g/mol. The topological polar surface area (TPSA) is 214 Å². The minimum absolute atomic E-state index is 0.0538. The lowest BCUT2D eigenvalue weighted by Gasteiger charge is -2.19. The number of hydrogen-bond acceptors (Lipinski definition) is 12. The molecule has 17 heteroatoms. The summed E-state index contributed by atoms with van der Waals surface area (Å²) in [5.41, 5.74) is 5.35. The molecule has 5 N–H and O–H groups in total. The van der Waals surface area contributed by atoms with E-state index >= 15 is 4.39 Å². The van der Waals surface area contributed by atoms with Gasteiger partial charge in [0.15, 0.2) is 17.3 Å². The minimum Gasteiger partial charge on any atom is -0.504 e. The molecule has 0 saturated heterocycles. The fraction of sp³-hybridized carbons (Fsp3) is 0.111. The molecule has 0 amide bonds. The molecule has 0 aliphatic carbocycles. The van der Waals surface area contributed by atoms with E-state index in [9.17, 15) is 22.7 Å². The molecular weight excluding hydrogens is 604 g/mol. The fourth-order valence-electron chi connectivity index (χ4n) is 4.01. The largest absolute Gasteiger partial charge is 0.504 e. The zero-order valence-corrected chi connectivity index (χ0v) is 23.3. The molecule has 0 spiro atoms. The second-order valence-corrected chi connectivity index (χ2v) is 11.0. The minimum atomic E-state index is -4.38. The number of hydrogen-bond donors (Lipinski definition) is 4. The second kappa shape index (κ2) is 11.5. The van der Waals surface area contributed by atoms with Gasteiger partial charge in [-0.15, -0.1) is 0 Å². The number of rotatable bonds is 9. The van der Waals surface area contributed by atoms with Gasteiger partial charge in [-0.3, -0.25) is 10.4 Å². The highest BCUT2D eigenvalue weighted by Crippen LogP contribution is 2.38. The maximum absolute atomic E-state index is 15.6. The van der Waals surface area contributed by atoms with Crippen molar-refractivity contribution in [2.75, 3.05) is 20.1 Å². The van der Waals surface area contributed by atoms with Crippen LogP contribution in [-0.4, -0.2) is 76.3 Å². The summed E-state index contributed by atoms with van der Waals surface area (Å²) < 4.78 is 68.0. The number of halogens is 2. The Morgan fingerprint density at radius 3 is 2.39 bits per heavy atom. The highest BCUT2D eigenvalue weighted by atomic mass is 32.2. The van der Waals surface area contributed by atoms with Crippen molar-refractivity contribution in [2.24, 2.45) is 10.7 Å². The first-order valence-corrected chi connectivity index (χ1v) is 13.9. The van der Waals surface area contributed by atoms with E-state index in [-0.39, 0.29) is 44.8 Å². The number of phenolic OH excluding ortho intramolecular Hbond substituents is 1. The molecule has 0 radical (unpaired) electrons. The standard InChI is InChI=1S/C27H21F2N7O7S/c1-36-7-6-32-24(36)16-9-15(44(40,41)27-34-10-14(11-35-27)26(38)39)3-5-19(16)42-22-17(28)12-33-25(21(22)29)43-20-8-13(23(30)31)2-4-18(20)37/h2-5,8-12,37H,6-7H2,1H3,(H3,30,31)(H,38,39). The molecule has 4 aromatic rings. The van der Waals surface area contributed by atoms with Crippen LogP contribution in [0.4, 0.5) is 8.78 Å². The number of pyridine rings is 1. The Hall–Kier alpha value is -5.71. The lowest BCUT2D eigenvalue weighted by Crippen LogP contribution is -2.24. The lowest BCUT2D eigenvalue weighted by molar-refractivity contribution is 0.0695. The molecule has 0 atom stereocenters. The van der Waals surface area contributed by atoms with Crippen molar-refractivity contribution in [1.29, 1.82) is 5.41 Å². The van der Waals surface area contributed by atoms with Gasteiger partial charge < -0.3 is 30.3 Å². The van der Waals surface area contributed by atoms with Crippen LogP contribution in [0.5, 0.6) is 28.9 Å². The van der Waals surface area contributed by atoms with Gasteiger partial charge in [0, 0.05) is 31.5 Å². The molecule has 14 nitrogen and oxygen atoms in total. The molecule has 0 saturated carbocycles. The highest BCUT2D eigenvalue weighted by molar-refractivity contribution is 7.91. The van der Waals surface area contributed by atoms with Crippen molar-refractivity contribution in [2.45, 2.75) is 10.1 Å². The number of aromatic carboxylic acids is 1. The number of nitrogens with zero attached hydrogens (tertiary/aromatic N) is 5. The zero-order valence-electron chi connectivity index (χ0n) is 22.5. The summed E-state index contributed by atoms with van der Waals surface area (Å²) in [7, 11) is -2.71. The number of aromatic hydroxyl groups is 1. The SMILES string of the molecule is CN1CCN=C1c1cc(S(=O)(=O)c2ncc(C(=O)O)cn2)ccc1Oc1c(F)cnc(Oc2cc(C(=N)N)ccc2O)c1F. The Bertz CT molecular complexity index is 1960. The number of amidine groups is 2. The molecule has 2 aromatic heterocycles. The van der Waals surface area contributed by atoms with Crippen molar-refractivity contribution in [3.8, 4) is 28.9 Å². The van der Waals surface area contributed by atoms with Gasteiger partial charge in [0.2, 0.25) is 21.4 Å². The van der Waals surface area contributed by atoms with E-state index in [0.29, 0.717) is 19.3 Å². The van der Waals surface area contributed by atoms with Crippen molar-refractivity contribution in [3.63, 3.8) is 0 Å². The predicted octanol–water partition coefficient (Wildman–Crippen LogP) is 2.95. The summed E-state index contributed by atoms with van der Waals surface area (Å²) in [6, 6.07) is 7.07. The normalized spacial score (nSPS) is 13.0. The van der Waals surface area contributed by atoms with Crippen LogP contribution in [0.25, 0.3) is 0 Å². The van der Waals surface area contributed by atoms with E-state index in [0.717, 1.165) is 36.7 Å². The van der Waals surface area contributed by atoms with Crippen LogP contribution < -0.4 is 15.2 Å². The van der Waals surface area contributed by atoms with E-state index in [1.54, 1.807) is 11.9 Å². The van der Waals surface area contributed by atoms with E-state index in [4.69, 9.17) is 25.7 Å². The number of nitrogens with two attached hydrogens (primary N) is 1. The number of likely N-dealkylation sites (N-methyl/N-ethyl adjacent to an activating group) is 1.